The molecule has 200 valence electrons. The number of unbranched alkanes of at least 4 members (excludes halogenated alkanes) is 2. The van der Waals surface area contributed by atoms with E-state index in [0.29, 0.717) is 23.2 Å². The standard InChI is InChI=1S/C32H54O3/c1-7-8-9-12-24-28(33)20-22-13-14-23-26-16-15-25(21(2)11-10-18-30(3,4)35)31(26,5)19-17-27(23)32(22,6)29(24)34/h13-14,21,24-29,33-35H,7-12,15-20H2,1-6H3/t21-,24-,25-,26+,27+,28-,29+,31-,32+/m1/s1. The maximum Gasteiger partial charge on any atom is 0.0689 e. The highest BCUT2D eigenvalue weighted by Gasteiger charge is 2.60. The fourth-order valence-electron chi connectivity index (χ4n) is 9.20. The molecule has 0 aromatic carbocycles. The Morgan fingerprint density at radius 2 is 1.77 bits per heavy atom. The molecule has 0 aromatic rings. The zero-order chi connectivity index (χ0) is 25.6. The molecule has 0 aromatic heterocycles. The summed E-state index contributed by atoms with van der Waals surface area (Å²) in [5, 5.41) is 32.9. The van der Waals surface area contributed by atoms with Crippen LogP contribution in [0.3, 0.4) is 0 Å². The van der Waals surface area contributed by atoms with Crippen LogP contribution in [-0.2, 0) is 0 Å². The molecule has 0 saturated heterocycles. The van der Waals surface area contributed by atoms with Crippen molar-refractivity contribution in [3.8, 4) is 0 Å². The van der Waals surface area contributed by atoms with Crippen molar-refractivity contribution < 1.29 is 15.3 Å². The third kappa shape index (κ3) is 4.96. The number of fused-ring (bicyclic) bond motifs is 5. The molecule has 35 heavy (non-hydrogen) atoms. The van der Waals surface area contributed by atoms with Crippen LogP contribution in [0.25, 0.3) is 0 Å². The summed E-state index contributed by atoms with van der Waals surface area (Å²) >= 11 is 0. The van der Waals surface area contributed by atoms with Gasteiger partial charge in [-0.1, -0.05) is 83.1 Å². The molecule has 4 aliphatic carbocycles. The van der Waals surface area contributed by atoms with E-state index < -0.39 is 17.8 Å². The molecule has 9 atom stereocenters. The van der Waals surface area contributed by atoms with Crippen LogP contribution in [0.1, 0.15) is 119 Å². The summed E-state index contributed by atoms with van der Waals surface area (Å²) in [7, 11) is 0. The highest BCUT2D eigenvalue weighted by molar-refractivity contribution is 5.40. The van der Waals surface area contributed by atoms with Gasteiger partial charge in [0.05, 0.1) is 17.8 Å². The van der Waals surface area contributed by atoms with Gasteiger partial charge >= 0.3 is 0 Å². The van der Waals surface area contributed by atoms with Gasteiger partial charge in [0.25, 0.3) is 0 Å². The van der Waals surface area contributed by atoms with Crippen LogP contribution in [0.5, 0.6) is 0 Å². The molecule has 4 rings (SSSR count). The fraction of sp³-hybridized carbons (Fsp3) is 0.875. The number of hydrogen-bond donors (Lipinski definition) is 3. The molecule has 0 unspecified atom stereocenters. The minimum absolute atomic E-state index is 0.00323. The van der Waals surface area contributed by atoms with E-state index in [-0.39, 0.29) is 11.3 Å². The van der Waals surface area contributed by atoms with Crippen molar-refractivity contribution in [3.05, 3.63) is 23.3 Å². The third-order valence-electron chi connectivity index (χ3n) is 11.3. The lowest BCUT2D eigenvalue weighted by atomic mass is 9.48. The van der Waals surface area contributed by atoms with Crippen molar-refractivity contribution in [2.24, 2.45) is 40.4 Å². The Labute approximate surface area is 215 Å². The van der Waals surface area contributed by atoms with Crippen molar-refractivity contribution in [1.29, 1.82) is 0 Å². The third-order valence-corrected chi connectivity index (χ3v) is 11.3. The molecular weight excluding hydrogens is 432 g/mol. The van der Waals surface area contributed by atoms with Gasteiger partial charge in [-0.25, -0.2) is 0 Å². The van der Waals surface area contributed by atoms with Gasteiger partial charge in [0.15, 0.2) is 0 Å². The Morgan fingerprint density at radius 3 is 2.46 bits per heavy atom. The SMILES string of the molecule is CCCCC[C@@H]1[C@H](O)CC2=CC=C3[C@@H]4CC[C@H]([C@H](C)CCCC(C)(C)O)[C@@]4(C)CC[C@@H]3[C@@]2(C)[C@H]1O. The molecule has 3 fully saturated rings. The highest BCUT2D eigenvalue weighted by Crippen LogP contribution is 2.66. The quantitative estimate of drug-likeness (QED) is 0.302. The van der Waals surface area contributed by atoms with Crippen LogP contribution in [0.2, 0.25) is 0 Å². The molecule has 0 spiro atoms. The molecule has 0 heterocycles. The van der Waals surface area contributed by atoms with E-state index in [1.165, 1.54) is 44.1 Å². The summed E-state index contributed by atoms with van der Waals surface area (Å²) in [6.07, 6.45) is 17.2. The van der Waals surface area contributed by atoms with Gasteiger partial charge in [0, 0.05) is 11.3 Å². The molecule has 3 saturated carbocycles. The van der Waals surface area contributed by atoms with Gasteiger partial charge in [-0.15, -0.1) is 0 Å². The average molecular weight is 487 g/mol. The molecule has 0 amide bonds. The van der Waals surface area contributed by atoms with E-state index >= 15 is 0 Å². The fourth-order valence-corrected chi connectivity index (χ4v) is 9.20. The largest absolute Gasteiger partial charge is 0.392 e. The zero-order valence-electron chi connectivity index (χ0n) is 23.5. The Hall–Kier alpha value is -0.640. The minimum Gasteiger partial charge on any atom is -0.392 e. The molecular formula is C32H54O3. The lowest BCUT2D eigenvalue weighted by molar-refractivity contribution is -0.100. The maximum atomic E-state index is 11.8. The van der Waals surface area contributed by atoms with Crippen LogP contribution in [0, 0.1) is 40.4 Å². The van der Waals surface area contributed by atoms with E-state index in [2.05, 4.69) is 39.8 Å². The lowest BCUT2D eigenvalue weighted by Gasteiger charge is -2.58. The van der Waals surface area contributed by atoms with Gasteiger partial charge in [-0.2, -0.15) is 0 Å². The first-order valence-corrected chi connectivity index (χ1v) is 14.9. The van der Waals surface area contributed by atoms with Crippen LogP contribution in [-0.4, -0.2) is 33.1 Å². The summed E-state index contributed by atoms with van der Waals surface area (Å²) < 4.78 is 0. The Morgan fingerprint density at radius 1 is 1.03 bits per heavy atom. The highest BCUT2D eigenvalue weighted by atomic mass is 16.3. The smallest absolute Gasteiger partial charge is 0.0689 e. The van der Waals surface area contributed by atoms with Gasteiger partial charge in [-0.3, -0.25) is 0 Å². The van der Waals surface area contributed by atoms with Crippen LogP contribution in [0.4, 0.5) is 0 Å². The molecule has 3 N–H and O–H groups in total. The van der Waals surface area contributed by atoms with Gasteiger partial charge in [-0.05, 0) is 87.9 Å². The minimum atomic E-state index is -0.560. The number of hydrogen-bond acceptors (Lipinski definition) is 3. The summed E-state index contributed by atoms with van der Waals surface area (Å²) in [6, 6.07) is 0. The molecule has 0 bridgehead atoms. The first-order valence-electron chi connectivity index (χ1n) is 14.9. The van der Waals surface area contributed by atoms with Crippen molar-refractivity contribution in [2.75, 3.05) is 0 Å². The number of rotatable bonds is 9. The molecule has 3 heteroatoms. The van der Waals surface area contributed by atoms with Crippen molar-refractivity contribution in [2.45, 2.75) is 136 Å². The first kappa shape index (κ1) is 27.4. The van der Waals surface area contributed by atoms with E-state index in [1.807, 2.05) is 13.8 Å². The Kier molecular flexibility index (Phi) is 8.03. The number of allylic oxidation sites excluding steroid dienone is 3. The van der Waals surface area contributed by atoms with Gasteiger partial charge in [0.2, 0.25) is 0 Å². The van der Waals surface area contributed by atoms with E-state index in [0.717, 1.165) is 44.4 Å². The predicted molar refractivity (Wildman–Crippen MR) is 145 cm³/mol. The predicted octanol–water partition coefficient (Wildman–Crippen LogP) is 7.20. The molecule has 3 nitrogen and oxygen atoms in total. The molecule has 0 aliphatic heterocycles. The van der Waals surface area contributed by atoms with Crippen LogP contribution >= 0.6 is 0 Å². The monoisotopic (exact) mass is 486 g/mol. The van der Waals surface area contributed by atoms with E-state index in [9.17, 15) is 15.3 Å². The van der Waals surface area contributed by atoms with Gasteiger partial charge in [0.1, 0.15) is 0 Å². The van der Waals surface area contributed by atoms with Gasteiger partial charge < -0.3 is 15.3 Å². The topological polar surface area (TPSA) is 60.7 Å². The second kappa shape index (κ2) is 10.3. The maximum absolute atomic E-state index is 11.8. The van der Waals surface area contributed by atoms with Crippen molar-refractivity contribution in [3.63, 3.8) is 0 Å². The summed E-state index contributed by atoms with van der Waals surface area (Å²) in [5.41, 5.74) is 2.46. The van der Waals surface area contributed by atoms with Crippen molar-refractivity contribution >= 4 is 0 Å². The summed E-state index contributed by atoms with van der Waals surface area (Å²) in [6.45, 7) is 13.4. The normalized spacial score (nSPS) is 42.0. The van der Waals surface area contributed by atoms with Crippen LogP contribution in [0.15, 0.2) is 23.3 Å². The average Bonchev–Trinajstić information content (AvgIpc) is 3.14. The summed E-state index contributed by atoms with van der Waals surface area (Å²) in [5.74, 6) is 2.47. The Bertz CT molecular complexity index is 806. The first-order chi connectivity index (χ1) is 16.4. The van der Waals surface area contributed by atoms with E-state index in [4.69, 9.17) is 0 Å². The lowest BCUT2D eigenvalue weighted by Crippen LogP contribution is -2.56. The number of aliphatic hydroxyl groups is 3. The second-order valence-electron chi connectivity index (χ2n) is 14.0. The number of aliphatic hydroxyl groups excluding tert-OH is 2. The van der Waals surface area contributed by atoms with Crippen LogP contribution < -0.4 is 0 Å². The molecule has 4 aliphatic rings. The Balaban J connectivity index is 1.52. The summed E-state index contributed by atoms with van der Waals surface area (Å²) in [4.78, 5) is 0. The molecule has 0 radical (unpaired) electrons. The van der Waals surface area contributed by atoms with Crippen molar-refractivity contribution in [1.82, 2.24) is 0 Å². The van der Waals surface area contributed by atoms with E-state index in [1.54, 1.807) is 5.57 Å². The zero-order valence-corrected chi connectivity index (χ0v) is 23.5. The second-order valence-corrected chi connectivity index (χ2v) is 14.0.